The highest BCUT2D eigenvalue weighted by Crippen LogP contribution is 2.30. The van der Waals surface area contributed by atoms with Crippen LogP contribution in [0.3, 0.4) is 0 Å². The number of nitrogens with zero attached hydrogens (tertiary/aromatic N) is 1. The van der Waals surface area contributed by atoms with E-state index in [1.165, 1.54) is 10.1 Å². The SMILES string of the molecule is Cn1c(Cl)cc(-c2ccc3c(c2)CCO3)cc1=O. The van der Waals surface area contributed by atoms with E-state index in [-0.39, 0.29) is 5.56 Å². The summed E-state index contributed by atoms with van der Waals surface area (Å²) in [7, 11) is 1.66. The molecule has 0 N–H and O–H groups in total. The van der Waals surface area contributed by atoms with Crippen LogP contribution in [0.25, 0.3) is 11.1 Å². The predicted molar refractivity (Wildman–Crippen MR) is 71.3 cm³/mol. The van der Waals surface area contributed by atoms with E-state index < -0.39 is 0 Å². The van der Waals surface area contributed by atoms with Crippen molar-refractivity contribution in [2.75, 3.05) is 6.61 Å². The van der Waals surface area contributed by atoms with Crippen LogP contribution in [0.15, 0.2) is 35.1 Å². The van der Waals surface area contributed by atoms with Crippen LogP contribution in [-0.4, -0.2) is 11.2 Å². The largest absolute Gasteiger partial charge is 0.493 e. The molecule has 1 aromatic carbocycles. The normalized spacial score (nSPS) is 13.2. The van der Waals surface area contributed by atoms with Crippen LogP contribution in [0.4, 0.5) is 0 Å². The summed E-state index contributed by atoms with van der Waals surface area (Å²) in [6, 6.07) is 9.37. The molecule has 1 aliphatic heterocycles. The molecule has 92 valence electrons. The highest BCUT2D eigenvalue weighted by atomic mass is 35.5. The second-order valence-electron chi connectivity index (χ2n) is 4.38. The molecule has 0 unspecified atom stereocenters. The van der Waals surface area contributed by atoms with Crippen molar-refractivity contribution < 1.29 is 4.74 Å². The lowest BCUT2D eigenvalue weighted by atomic mass is 10.0. The second-order valence-corrected chi connectivity index (χ2v) is 4.77. The number of ether oxygens (including phenoxy) is 1. The molecule has 0 bridgehead atoms. The molecule has 1 aromatic heterocycles. The second kappa shape index (κ2) is 4.18. The molecule has 3 rings (SSSR count). The molecule has 0 fully saturated rings. The Labute approximate surface area is 110 Å². The summed E-state index contributed by atoms with van der Waals surface area (Å²) in [5.41, 5.74) is 2.93. The van der Waals surface area contributed by atoms with Gasteiger partial charge in [0.05, 0.1) is 6.61 Å². The average molecular weight is 262 g/mol. The van der Waals surface area contributed by atoms with Crippen LogP contribution in [0.5, 0.6) is 5.75 Å². The number of aromatic nitrogens is 1. The minimum absolute atomic E-state index is 0.103. The van der Waals surface area contributed by atoms with Gasteiger partial charge < -0.3 is 9.30 Å². The van der Waals surface area contributed by atoms with Crippen LogP contribution >= 0.6 is 11.6 Å². The van der Waals surface area contributed by atoms with E-state index in [1.807, 2.05) is 12.1 Å². The minimum atomic E-state index is -0.103. The summed E-state index contributed by atoms with van der Waals surface area (Å²) in [6.07, 6.45) is 0.918. The van der Waals surface area contributed by atoms with Crippen molar-refractivity contribution in [3.05, 3.63) is 51.4 Å². The molecule has 0 saturated carbocycles. The third-order valence-corrected chi connectivity index (χ3v) is 3.59. The Balaban J connectivity index is 2.13. The van der Waals surface area contributed by atoms with Gasteiger partial charge in [0.25, 0.3) is 5.56 Å². The molecule has 0 aliphatic carbocycles. The van der Waals surface area contributed by atoms with Crippen LogP contribution in [-0.2, 0) is 13.5 Å². The maximum atomic E-state index is 11.7. The molecule has 3 nitrogen and oxygen atoms in total. The van der Waals surface area contributed by atoms with E-state index in [4.69, 9.17) is 16.3 Å². The first-order valence-corrected chi connectivity index (χ1v) is 6.15. The van der Waals surface area contributed by atoms with Gasteiger partial charge in [-0.05, 0) is 34.9 Å². The summed E-state index contributed by atoms with van der Waals surface area (Å²) < 4.78 is 6.88. The summed E-state index contributed by atoms with van der Waals surface area (Å²) in [5, 5.41) is 0.439. The molecule has 2 heterocycles. The molecular weight excluding hydrogens is 250 g/mol. The Morgan fingerprint density at radius 2 is 2.06 bits per heavy atom. The van der Waals surface area contributed by atoms with E-state index in [9.17, 15) is 4.79 Å². The van der Waals surface area contributed by atoms with Gasteiger partial charge in [-0.2, -0.15) is 0 Å². The smallest absolute Gasteiger partial charge is 0.252 e. The van der Waals surface area contributed by atoms with Crippen molar-refractivity contribution in [2.24, 2.45) is 7.05 Å². The van der Waals surface area contributed by atoms with Gasteiger partial charge in [0, 0.05) is 19.5 Å². The molecule has 0 amide bonds. The highest BCUT2D eigenvalue weighted by molar-refractivity contribution is 6.29. The summed E-state index contributed by atoms with van der Waals surface area (Å²) in [6.45, 7) is 0.732. The molecule has 0 radical (unpaired) electrons. The zero-order chi connectivity index (χ0) is 12.7. The standard InChI is InChI=1S/C14H12ClNO2/c1-16-13(15)7-11(8-14(16)17)9-2-3-12-10(6-9)4-5-18-12/h2-3,6-8H,4-5H2,1H3. The number of fused-ring (bicyclic) bond motifs is 1. The lowest BCUT2D eigenvalue weighted by Crippen LogP contribution is -2.15. The van der Waals surface area contributed by atoms with E-state index in [0.717, 1.165) is 29.9 Å². The summed E-state index contributed by atoms with van der Waals surface area (Å²) in [4.78, 5) is 11.7. The quantitative estimate of drug-likeness (QED) is 0.739. The van der Waals surface area contributed by atoms with E-state index in [1.54, 1.807) is 19.2 Å². The fourth-order valence-electron chi connectivity index (χ4n) is 2.13. The first kappa shape index (κ1) is 11.4. The average Bonchev–Trinajstić information content (AvgIpc) is 2.82. The molecule has 0 spiro atoms. The third kappa shape index (κ3) is 1.81. The molecule has 4 heteroatoms. The van der Waals surface area contributed by atoms with E-state index in [2.05, 4.69) is 6.07 Å². The van der Waals surface area contributed by atoms with Crippen LogP contribution in [0.1, 0.15) is 5.56 Å². The van der Waals surface area contributed by atoms with Crippen LogP contribution in [0.2, 0.25) is 5.15 Å². The fourth-order valence-corrected chi connectivity index (χ4v) is 2.34. The van der Waals surface area contributed by atoms with Crippen molar-refractivity contribution in [1.82, 2.24) is 4.57 Å². The maximum absolute atomic E-state index is 11.7. The van der Waals surface area contributed by atoms with Gasteiger partial charge in [-0.15, -0.1) is 0 Å². The number of pyridine rings is 1. The monoisotopic (exact) mass is 261 g/mol. The summed E-state index contributed by atoms with van der Waals surface area (Å²) in [5.74, 6) is 0.939. The van der Waals surface area contributed by atoms with E-state index >= 15 is 0 Å². The van der Waals surface area contributed by atoms with Gasteiger partial charge in [-0.3, -0.25) is 4.79 Å². The number of rotatable bonds is 1. The molecule has 18 heavy (non-hydrogen) atoms. The highest BCUT2D eigenvalue weighted by Gasteiger charge is 2.13. The molecular formula is C14H12ClNO2. The molecule has 1 aliphatic rings. The van der Waals surface area contributed by atoms with Crippen molar-refractivity contribution in [2.45, 2.75) is 6.42 Å². The zero-order valence-corrected chi connectivity index (χ0v) is 10.7. The fraction of sp³-hybridized carbons (Fsp3) is 0.214. The van der Waals surface area contributed by atoms with Gasteiger partial charge in [-0.25, -0.2) is 0 Å². The minimum Gasteiger partial charge on any atom is -0.493 e. The Morgan fingerprint density at radius 1 is 1.22 bits per heavy atom. The number of hydrogen-bond donors (Lipinski definition) is 0. The summed E-state index contributed by atoms with van der Waals surface area (Å²) >= 11 is 6.02. The molecule has 0 saturated heterocycles. The lowest BCUT2D eigenvalue weighted by Gasteiger charge is -2.07. The predicted octanol–water partition coefficient (Wildman–Crippen LogP) is 2.64. The first-order valence-electron chi connectivity index (χ1n) is 5.78. The van der Waals surface area contributed by atoms with Crippen molar-refractivity contribution >= 4 is 11.6 Å². The van der Waals surface area contributed by atoms with Gasteiger partial charge in [0.2, 0.25) is 0 Å². The van der Waals surface area contributed by atoms with Gasteiger partial charge in [-0.1, -0.05) is 17.7 Å². The first-order chi connectivity index (χ1) is 8.65. The van der Waals surface area contributed by atoms with Gasteiger partial charge >= 0.3 is 0 Å². The lowest BCUT2D eigenvalue weighted by molar-refractivity contribution is 0.357. The van der Waals surface area contributed by atoms with Crippen molar-refractivity contribution in [3.8, 4) is 16.9 Å². The Bertz CT molecular complexity index is 676. The van der Waals surface area contributed by atoms with Crippen molar-refractivity contribution in [1.29, 1.82) is 0 Å². The molecule has 2 aromatic rings. The van der Waals surface area contributed by atoms with Gasteiger partial charge in [0.1, 0.15) is 10.9 Å². The Hall–Kier alpha value is -1.74. The maximum Gasteiger partial charge on any atom is 0.252 e. The van der Waals surface area contributed by atoms with Gasteiger partial charge in [0.15, 0.2) is 0 Å². The topological polar surface area (TPSA) is 31.2 Å². The Morgan fingerprint density at radius 3 is 2.83 bits per heavy atom. The number of halogens is 1. The molecule has 0 atom stereocenters. The third-order valence-electron chi connectivity index (χ3n) is 3.23. The van der Waals surface area contributed by atoms with E-state index in [0.29, 0.717) is 5.15 Å². The number of hydrogen-bond acceptors (Lipinski definition) is 2. The van der Waals surface area contributed by atoms with Crippen LogP contribution in [0, 0.1) is 0 Å². The zero-order valence-electron chi connectivity index (χ0n) is 9.94. The van der Waals surface area contributed by atoms with Crippen molar-refractivity contribution in [3.63, 3.8) is 0 Å². The Kier molecular flexibility index (Phi) is 2.63. The number of benzene rings is 1. The van der Waals surface area contributed by atoms with Crippen LogP contribution < -0.4 is 10.3 Å².